The number of hydrogen-bond donors (Lipinski definition) is 1. The number of aromatic nitrogens is 2. The molecule has 2 rings (SSSR count). The lowest BCUT2D eigenvalue weighted by Crippen LogP contribution is -2.03. The van der Waals surface area contributed by atoms with Crippen molar-refractivity contribution >= 4 is 16.8 Å². The number of rotatable bonds is 4. The van der Waals surface area contributed by atoms with Crippen LogP contribution in [0.1, 0.15) is 16.2 Å². The number of carbonyl (C=O) groups is 1. The molecule has 18 heavy (non-hydrogen) atoms. The molecule has 0 aliphatic carbocycles. The fraction of sp³-hybridized carbons (Fsp3) is 0.0833. The van der Waals surface area contributed by atoms with Crippen molar-refractivity contribution in [3.8, 4) is 0 Å². The average molecular weight is 262 g/mol. The van der Waals surface area contributed by atoms with Gasteiger partial charge in [-0.3, -0.25) is 4.21 Å². The number of nitrogens with zero attached hydrogens (tertiary/aromatic N) is 2. The molecule has 0 saturated carbocycles. The number of hydrogen-bond acceptors (Lipinski definition) is 4. The van der Waals surface area contributed by atoms with E-state index in [0.717, 1.165) is 0 Å². The molecule has 0 aliphatic rings. The van der Waals surface area contributed by atoms with E-state index in [1.165, 1.54) is 12.1 Å². The van der Waals surface area contributed by atoms with Gasteiger partial charge in [0.05, 0.1) is 22.1 Å². The van der Waals surface area contributed by atoms with Crippen LogP contribution in [0, 0.1) is 0 Å². The molecular weight excluding hydrogens is 252 g/mol. The van der Waals surface area contributed by atoms with Crippen LogP contribution in [-0.4, -0.2) is 25.3 Å². The highest BCUT2D eigenvalue weighted by molar-refractivity contribution is 7.84. The highest BCUT2D eigenvalue weighted by Gasteiger charge is 2.10. The van der Waals surface area contributed by atoms with Crippen molar-refractivity contribution in [2.24, 2.45) is 0 Å². The minimum Gasteiger partial charge on any atom is -0.478 e. The van der Waals surface area contributed by atoms with E-state index >= 15 is 0 Å². The van der Waals surface area contributed by atoms with Crippen LogP contribution in [0.4, 0.5) is 0 Å². The zero-order valence-electron chi connectivity index (χ0n) is 9.31. The largest absolute Gasteiger partial charge is 0.478 e. The number of aromatic carboxylic acids is 1. The Bertz CT molecular complexity index is 587. The van der Waals surface area contributed by atoms with Crippen LogP contribution in [0.5, 0.6) is 0 Å². The monoisotopic (exact) mass is 262 g/mol. The minimum absolute atomic E-state index is 0.120. The van der Waals surface area contributed by atoms with E-state index in [1.807, 2.05) is 0 Å². The van der Waals surface area contributed by atoms with Gasteiger partial charge in [0, 0.05) is 17.3 Å². The first-order chi connectivity index (χ1) is 8.66. The first-order valence-electron chi connectivity index (χ1n) is 5.14. The Morgan fingerprint density at radius 1 is 1.22 bits per heavy atom. The number of carboxylic acid groups (broad SMARTS) is 1. The lowest BCUT2D eigenvalue weighted by molar-refractivity contribution is 0.0696. The zero-order chi connectivity index (χ0) is 13.0. The van der Waals surface area contributed by atoms with Gasteiger partial charge in [-0.2, -0.15) is 0 Å². The van der Waals surface area contributed by atoms with Gasteiger partial charge in [0.1, 0.15) is 5.82 Å². The third-order valence-electron chi connectivity index (χ3n) is 2.22. The lowest BCUT2D eigenvalue weighted by Gasteiger charge is -2.02. The van der Waals surface area contributed by atoms with E-state index in [1.54, 1.807) is 30.6 Å². The van der Waals surface area contributed by atoms with Gasteiger partial charge < -0.3 is 5.11 Å². The predicted octanol–water partition coefficient (Wildman–Crippen LogP) is 1.48. The van der Waals surface area contributed by atoms with E-state index in [9.17, 15) is 9.00 Å². The van der Waals surface area contributed by atoms with E-state index in [-0.39, 0.29) is 11.3 Å². The zero-order valence-corrected chi connectivity index (χ0v) is 10.1. The molecule has 0 aliphatic heterocycles. The van der Waals surface area contributed by atoms with E-state index < -0.39 is 16.8 Å². The smallest absolute Gasteiger partial charge is 0.335 e. The summed E-state index contributed by atoms with van der Waals surface area (Å²) in [5.74, 6) is -0.398. The normalized spacial score (nSPS) is 12.0. The Balaban J connectivity index is 2.19. The predicted molar refractivity (Wildman–Crippen MR) is 65.5 cm³/mol. The molecule has 0 fully saturated rings. The van der Waals surface area contributed by atoms with Crippen LogP contribution in [0.3, 0.4) is 0 Å². The van der Waals surface area contributed by atoms with Crippen LogP contribution >= 0.6 is 0 Å². The Hall–Kier alpha value is -2.08. The average Bonchev–Trinajstić information content (AvgIpc) is 2.40. The summed E-state index contributed by atoms with van der Waals surface area (Å²) in [5.41, 5.74) is 0.120. The van der Waals surface area contributed by atoms with Crippen molar-refractivity contribution in [2.45, 2.75) is 10.6 Å². The second kappa shape index (κ2) is 5.50. The highest BCUT2D eigenvalue weighted by atomic mass is 32.2. The summed E-state index contributed by atoms with van der Waals surface area (Å²) in [7, 11) is -1.35. The minimum atomic E-state index is -1.35. The topological polar surface area (TPSA) is 80.1 Å². The van der Waals surface area contributed by atoms with Crippen molar-refractivity contribution in [1.29, 1.82) is 0 Å². The Labute approximate surface area is 106 Å². The molecule has 0 spiro atoms. The van der Waals surface area contributed by atoms with Gasteiger partial charge in [-0.15, -0.1) is 0 Å². The van der Waals surface area contributed by atoms with Crippen LogP contribution in [0.15, 0.2) is 47.6 Å². The van der Waals surface area contributed by atoms with Gasteiger partial charge >= 0.3 is 5.97 Å². The molecule has 1 unspecified atom stereocenters. The summed E-state index contributed by atoms with van der Waals surface area (Å²) in [6.07, 6.45) is 3.15. The molecule has 6 heteroatoms. The number of carboxylic acids is 1. The summed E-state index contributed by atoms with van der Waals surface area (Å²) in [4.78, 5) is 19.2. The van der Waals surface area contributed by atoms with Gasteiger partial charge in [-0.1, -0.05) is 6.07 Å². The van der Waals surface area contributed by atoms with Crippen LogP contribution in [0.2, 0.25) is 0 Å². The Kier molecular flexibility index (Phi) is 3.78. The molecule has 5 nitrogen and oxygen atoms in total. The molecule has 1 aromatic carbocycles. The molecule has 2 aromatic rings. The maximum Gasteiger partial charge on any atom is 0.335 e. The van der Waals surface area contributed by atoms with Gasteiger partial charge in [-0.05, 0) is 24.3 Å². The molecule has 0 radical (unpaired) electrons. The SMILES string of the molecule is O=C(O)c1cccc(S(=O)Cc2ncccn2)c1. The molecule has 1 N–H and O–H groups in total. The van der Waals surface area contributed by atoms with Crippen molar-refractivity contribution < 1.29 is 14.1 Å². The molecular formula is C12H10N2O3S. The first-order valence-corrected chi connectivity index (χ1v) is 6.46. The standard InChI is InChI=1S/C12H10N2O3S/c15-12(16)9-3-1-4-10(7-9)18(17)8-11-13-5-2-6-14-11/h1-7H,8H2,(H,15,16). The quantitative estimate of drug-likeness (QED) is 0.902. The van der Waals surface area contributed by atoms with Gasteiger partial charge in [0.25, 0.3) is 0 Å². The third-order valence-corrected chi connectivity index (χ3v) is 3.52. The Morgan fingerprint density at radius 2 is 1.94 bits per heavy atom. The molecule has 0 bridgehead atoms. The molecule has 0 amide bonds. The van der Waals surface area contributed by atoms with Crippen LogP contribution in [-0.2, 0) is 16.6 Å². The van der Waals surface area contributed by atoms with Gasteiger partial charge in [-0.25, -0.2) is 14.8 Å². The molecule has 92 valence electrons. The summed E-state index contributed by atoms with van der Waals surface area (Å²) >= 11 is 0. The van der Waals surface area contributed by atoms with Crippen LogP contribution in [0.25, 0.3) is 0 Å². The maximum atomic E-state index is 12.0. The van der Waals surface area contributed by atoms with E-state index in [0.29, 0.717) is 10.7 Å². The van der Waals surface area contributed by atoms with E-state index in [4.69, 9.17) is 5.11 Å². The van der Waals surface area contributed by atoms with Crippen molar-refractivity contribution in [1.82, 2.24) is 9.97 Å². The fourth-order valence-electron chi connectivity index (χ4n) is 1.38. The Morgan fingerprint density at radius 3 is 2.61 bits per heavy atom. The molecule has 1 heterocycles. The van der Waals surface area contributed by atoms with Gasteiger partial charge in [0.15, 0.2) is 0 Å². The molecule has 0 saturated heterocycles. The van der Waals surface area contributed by atoms with Crippen molar-refractivity contribution in [2.75, 3.05) is 0 Å². The van der Waals surface area contributed by atoms with Crippen molar-refractivity contribution in [3.63, 3.8) is 0 Å². The lowest BCUT2D eigenvalue weighted by atomic mass is 10.2. The van der Waals surface area contributed by atoms with E-state index in [2.05, 4.69) is 9.97 Å². The third kappa shape index (κ3) is 2.98. The summed E-state index contributed by atoms with van der Waals surface area (Å²) < 4.78 is 12.0. The van der Waals surface area contributed by atoms with Crippen LogP contribution < -0.4 is 0 Å². The van der Waals surface area contributed by atoms with Crippen molar-refractivity contribution in [3.05, 3.63) is 54.1 Å². The second-order valence-electron chi connectivity index (χ2n) is 3.49. The first kappa shape index (κ1) is 12.4. The summed E-state index contributed by atoms with van der Waals surface area (Å²) in [6, 6.07) is 7.74. The molecule has 1 aromatic heterocycles. The summed E-state index contributed by atoms with van der Waals surface area (Å²) in [6.45, 7) is 0. The highest BCUT2D eigenvalue weighted by Crippen LogP contribution is 2.12. The molecule has 1 atom stereocenters. The van der Waals surface area contributed by atoms with Gasteiger partial charge in [0.2, 0.25) is 0 Å². The summed E-state index contributed by atoms with van der Waals surface area (Å²) in [5, 5.41) is 8.86. The second-order valence-corrected chi connectivity index (χ2v) is 4.94. The maximum absolute atomic E-state index is 12.0. The fourth-order valence-corrected chi connectivity index (χ4v) is 2.41. The number of benzene rings is 1.